The van der Waals surface area contributed by atoms with Crippen molar-refractivity contribution in [2.75, 3.05) is 12.3 Å². The van der Waals surface area contributed by atoms with Gasteiger partial charge in [-0.15, -0.1) is 0 Å². The molecule has 2 rings (SSSR count). The van der Waals surface area contributed by atoms with Crippen molar-refractivity contribution >= 4 is 5.82 Å². The van der Waals surface area contributed by atoms with E-state index < -0.39 is 48.1 Å². The molecule has 4 atom stereocenters. The van der Waals surface area contributed by atoms with E-state index in [1.165, 1.54) is 0 Å². The second-order valence-electron chi connectivity index (χ2n) is 4.23. The average Bonchev–Trinajstić information content (AvgIpc) is 2.61. The van der Waals surface area contributed by atoms with Gasteiger partial charge in [-0.05, 0) is 6.07 Å². The molecule has 1 saturated heterocycles. The molecule has 0 amide bonds. The first-order valence-electron chi connectivity index (χ1n) is 5.37. The highest BCUT2D eigenvalue weighted by atomic mass is 19.1. The fourth-order valence-corrected chi connectivity index (χ4v) is 2.06. The summed E-state index contributed by atoms with van der Waals surface area (Å²) in [6, 6.07) is -0.831. The van der Waals surface area contributed by atoms with E-state index >= 15 is 0 Å². The molecule has 100 valence electrons. The molecule has 0 saturated carbocycles. The summed E-state index contributed by atoms with van der Waals surface area (Å²) in [5.74, 6) is -1.21. The van der Waals surface area contributed by atoms with Crippen molar-refractivity contribution in [2.45, 2.75) is 24.3 Å². The van der Waals surface area contributed by atoms with Crippen LogP contribution >= 0.6 is 0 Å². The number of H-pyrrole nitrogens is 1. The van der Waals surface area contributed by atoms with Gasteiger partial charge in [0.1, 0.15) is 11.9 Å². The maximum absolute atomic E-state index is 13.3. The third kappa shape index (κ3) is 1.99. The zero-order valence-corrected chi connectivity index (χ0v) is 9.30. The van der Waals surface area contributed by atoms with Gasteiger partial charge >= 0.3 is 0 Å². The number of halogens is 1. The summed E-state index contributed by atoms with van der Waals surface area (Å²) in [5.41, 5.74) is 4.47. The van der Waals surface area contributed by atoms with Gasteiger partial charge in [0.05, 0.1) is 24.8 Å². The number of anilines is 1. The van der Waals surface area contributed by atoms with E-state index in [0.29, 0.717) is 0 Å². The highest BCUT2D eigenvalue weighted by Gasteiger charge is 2.42. The molecule has 0 aliphatic carbocycles. The summed E-state index contributed by atoms with van der Waals surface area (Å²) in [6.07, 6.45) is -2.55. The van der Waals surface area contributed by atoms with E-state index in [9.17, 15) is 19.4 Å². The Kier molecular flexibility index (Phi) is 3.35. The standard InChI is InChI=1S/C10H14FN3O4/c11-4-1-3(10(18)14-9(4)12)6-8(17)7(16)5(2-15)13-6/h1,5-8,13,15-17H,2H2,(H3,12,14,18)/t5-,6+,7-,8+/m1/s1. The van der Waals surface area contributed by atoms with Crippen LogP contribution in [0.5, 0.6) is 0 Å². The quantitative estimate of drug-likeness (QED) is 0.358. The van der Waals surface area contributed by atoms with Gasteiger partial charge in [0.25, 0.3) is 5.56 Å². The van der Waals surface area contributed by atoms with Crippen LogP contribution in [0.2, 0.25) is 0 Å². The Bertz CT molecular complexity index is 506. The molecule has 1 fully saturated rings. The molecule has 1 aromatic heterocycles. The molecule has 1 aliphatic rings. The molecular weight excluding hydrogens is 245 g/mol. The van der Waals surface area contributed by atoms with Gasteiger partial charge in [-0.2, -0.15) is 0 Å². The van der Waals surface area contributed by atoms with Crippen LogP contribution in [0.25, 0.3) is 0 Å². The average molecular weight is 259 g/mol. The van der Waals surface area contributed by atoms with E-state index in [-0.39, 0.29) is 5.56 Å². The Morgan fingerprint density at radius 1 is 1.39 bits per heavy atom. The lowest BCUT2D eigenvalue weighted by Gasteiger charge is -2.15. The molecule has 1 aliphatic heterocycles. The van der Waals surface area contributed by atoms with Gasteiger partial charge in [0, 0.05) is 5.56 Å². The van der Waals surface area contributed by atoms with Crippen LogP contribution in [0.4, 0.5) is 10.2 Å². The number of nitrogens with one attached hydrogen (secondary N) is 2. The maximum Gasteiger partial charge on any atom is 0.254 e. The second kappa shape index (κ2) is 4.65. The molecule has 7 N–H and O–H groups in total. The Morgan fingerprint density at radius 2 is 2.06 bits per heavy atom. The monoisotopic (exact) mass is 259 g/mol. The maximum atomic E-state index is 13.3. The minimum atomic E-state index is -1.31. The third-order valence-corrected chi connectivity index (χ3v) is 3.08. The summed E-state index contributed by atoms with van der Waals surface area (Å²) in [4.78, 5) is 13.7. The Hall–Kier alpha value is -1.48. The molecular formula is C10H14FN3O4. The van der Waals surface area contributed by atoms with Crippen molar-refractivity contribution in [3.05, 3.63) is 27.8 Å². The minimum absolute atomic E-state index is 0.0794. The minimum Gasteiger partial charge on any atom is -0.395 e. The zero-order chi connectivity index (χ0) is 13.4. The summed E-state index contributed by atoms with van der Waals surface area (Å²) < 4.78 is 13.3. The van der Waals surface area contributed by atoms with Gasteiger partial charge in [-0.3, -0.25) is 4.79 Å². The number of rotatable bonds is 2. The SMILES string of the molecule is Nc1[nH]c(=O)c([C@@H]2N[C@H](CO)[C@@H](O)[C@H]2O)cc1F. The Labute approximate surface area is 101 Å². The van der Waals surface area contributed by atoms with Crippen molar-refractivity contribution in [3.63, 3.8) is 0 Å². The van der Waals surface area contributed by atoms with Crippen LogP contribution in [-0.2, 0) is 0 Å². The highest BCUT2D eigenvalue weighted by molar-refractivity contribution is 5.34. The number of aliphatic hydroxyl groups excluding tert-OH is 3. The van der Waals surface area contributed by atoms with E-state index in [1.54, 1.807) is 0 Å². The topological polar surface area (TPSA) is 132 Å². The summed E-state index contributed by atoms with van der Waals surface area (Å²) in [7, 11) is 0. The normalized spacial score (nSPS) is 31.8. The first-order chi connectivity index (χ1) is 8.45. The molecule has 0 aromatic carbocycles. The van der Waals surface area contributed by atoms with E-state index in [4.69, 9.17) is 10.8 Å². The first-order valence-corrected chi connectivity index (χ1v) is 5.37. The Morgan fingerprint density at radius 3 is 2.61 bits per heavy atom. The summed E-state index contributed by atoms with van der Waals surface area (Å²) in [6.45, 7) is -0.413. The Balaban J connectivity index is 2.39. The first kappa shape index (κ1) is 13.0. The number of aromatic nitrogens is 1. The lowest BCUT2D eigenvalue weighted by atomic mass is 10.0. The predicted octanol–water partition coefficient (Wildman–Crippen LogP) is -2.18. The molecule has 0 spiro atoms. The number of aromatic amines is 1. The second-order valence-corrected chi connectivity index (χ2v) is 4.23. The van der Waals surface area contributed by atoms with E-state index in [1.807, 2.05) is 0 Å². The fraction of sp³-hybridized carbons (Fsp3) is 0.500. The van der Waals surface area contributed by atoms with Crippen molar-refractivity contribution in [2.24, 2.45) is 0 Å². The van der Waals surface area contributed by atoms with Crippen molar-refractivity contribution < 1.29 is 19.7 Å². The number of nitrogen functional groups attached to an aromatic ring is 1. The molecule has 7 nitrogen and oxygen atoms in total. The van der Waals surface area contributed by atoms with Crippen LogP contribution in [0, 0.1) is 5.82 Å². The molecule has 18 heavy (non-hydrogen) atoms. The van der Waals surface area contributed by atoms with E-state index in [2.05, 4.69) is 10.3 Å². The zero-order valence-electron chi connectivity index (χ0n) is 9.30. The lowest BCUT2D eigenvalue weighted by Crippen LogP contribution is -2.36. The fourth-order valence-electron chi connectivity index (χ4n) is 2.06. The van der Waals surface area contributed by atoms with Gasteiger partial charge < -0.3 is 31.4 Å². The molecule has 0 unspecified atom stereocenters. The number of hydrogen-bond acceptors (Lipinski definition) is 6. The van der Waals surface area contributed by atoms with Crippen LogP contribution < -0.4 is 16.6 Å². The number of aliphatic hydroxyl groups is 3. The van der Waals surface area contributed by atoms with Gasteiger partial charge in [0.15, 0.2) is 5.82 Å². The van der Waals surface area contributed by atoms with Crippen molar-refractivity contribution in [3.8, 4) is 0 Å². The van der Waals surface area contributed by atoms with E-state index in [0.717, 1.165) is 6.07 Å². The number of nitrogens with two attached hydrogens (primary N) is 1. The predicted molar refractivity (Wildman–Crippen MR) is 60.2 cm³/mol. The van der Waals surface area contributed by atoms with Gasteiger partial charge in [0.2, 0.25) is 0 Å². The van der Waals surface area contributed by atoms with Crippen LogP contribution in [0.15, 0.2) is 10.9 Å². The van der Waals surface area contributed by atoms with Crippen molar-refractivity contribution in [1.82, 2.24) is 10.3 Å². The molecule has 8 heteroatoms. The molecule has 1 aromatic rings. The summed E-state index contributed by atoms with van der Waals surface area (Å²) in [5, 5.41) is 31.0. The van der Waals surface area contributed by atoms with Gasteiger partial charge in [-0.25, -0.2) is 4.39 Å². The summed E-state index contributed by atoms with van der Waals surface area (Å²) >= 11 is 0. The van der Waals surface area contributed by atoms with Gasteiger partial charge in [-0.1, -0.05) is 0 Å². The molecule has 2 heterocycles. The van der Waals surface area contributed by atoms with Crippen LogP contribution in [-0.4, -0.2) is 45.2 Å². The molecule has 0 bridgehead atoms. The van der Waals surface area contributed by atoms with Crippen molar-refractivity contribution in [1.29, 1.82) is 0 Å². The number of pyridine rings is 1. The van der Waals surface area contributed by atoms with Crippen LogP contribution in [0.3, 0.4) is 0 Å². The highest BCUT2D eigenvalue weighted by Crippen LogP contribution is 2.26. The smallest absolute Gasteiger partial charge is 0.254 e. The number of hydrogen-bond donors (Lipinski definition) is 6. The van der Waals surface area contributed by atoms with Crippen LogP contribution in [0.1, 0.15) is 11.6 Å². The third-order valence-electron chi connectivity index (χ3n) is 3.08. The largest absolute Gasteiger partial charge is 0.395 e. The molecule has 0 radical (unpaired) electrons. The lowest BCUT2D eigenvalue weighted by molar-refractivity contribution is 0.0193.